The second kappa shape index (κ2) is 8.15. The van der Waals surface area contributed by atoms with Gasteiger partial charge in [-0.2, -0.15) is 0 Å². The molecule has 0 fully saturated rings. The van der Waals surface area contributed by atoms with E-state index in [2.05, 4.69) is 10.6 Å². The molecule has 26 heavy (non-hydrogen) atoms. The number of carbonyl (C=O) groups excluding carboxylic acids is 2. The second-order valence-corrected chi connectivity index (χ2v) is 5.53. The summed E-state index contributed by atoms with van der Waals surface area (Å²) in [7, 11) is 0. The van der Waals surface area contributed by atoms with Gasteiger partial charge in [-0.25, -0.2) is 4.79 Å². The Labute approximate surface area is 147 Å². The van der Waals surface area contributed by atoms with E-state index in [0.717, 1.165) is 10.9 Å². The molecule has 3 N–H and O–H groups in total. The van der Waals surface area contributed by atoms with Gasteiger partial charge in [0, 0.05) is 17.0 Å². The highest BCUT2D eigenvalue weighted by Crippen LogP contribution is 2.23. The Morgan fingerprint density at radius 3 is 2.46 bits per heavy atom. The Balaban J connectivity index is 1.92. The maximum atomic E-state index is 11.7. The zero-order chi connectivity index (χ0) is 19.3. The Kier molecular flexibility index (Phi) is 5.94. The molecule has 1 aromatic carbocycles. The first kappa shape index (κ1) is 19.0. The molecule has 138 valence electrons. The summed E-state index contributed by atoms with van der Waals surface area (Å²) in [5.41, 5.74) is 1.26. The lowest BCUT2D eigenvalue weighted by molar-refractivity contribution is -0.137. The number of nitrogens with one attached hydrogen (secondary N) is 2. The molecule has 9 heteroatoms. The Bertz CT molecular complexity index is 917. The Hall–Kier alpha value is -3.36. The fraction of sp³-hybridized carbons (Fsp3) is 0.294. The van der Waals surface area contributed by atoms with E-state index in [-0.39, 0.29) is 13.2 Å². The number of fused-ring (bicyclic) bond motifs is 1. The van der Waals surface area contributed by atoms with Crippen LogP contribution < -0.4 is 21.0 Å². The monoisotopic (exact) mass is 362 g/mol. The fourth-order valence-corrected chi connectivity index (χ4v) is 2.13. The van der Waals surface area contributed by atoms with Crippen LogP contribution >= 0.6 is 0 Å². The van der Waals surface area contributed by atoms with Crippen molar-refractivity contribution in [3.63, 3.8) is 0 Å². The maximum Gasteiger partial charge on any atom is 0.339 e. The lowest BCUT2D eigenvalue weighted by atomic mass is 10.1. The lowest BCUT2D eigenvalue weighted by Gasteiger charge is -2.09. The second-order valence-electron chi connectivity index (χ2n) is 5.53. The Morgan fingerprint density at radius 2 is 1.77 bits per heavy atom. The number of carboxylic acids is 1. The topological polar surface area (TPSA) is 135 Å². The normalized spacial score (nSPS) is 10.4. The van der Waals surface area contributed by atoms with Crippen molar-refractivity contribution in [2.24, 2.45) is 0 Å². The van der Waals surface area contributed by atoms with Gasteiger partial charge in [-0.1, -0.05) is 0 Å². The zero-order valence-corrected chi connectivity index (χ0v) is 14.3. The molecule has 0 radical (unpaired) electrons. The minimum absolute atomic E-state index is 0.328. The summed E-state index contributed by atoms with van der Waals surface area (Å²) in [5, 5.41) is 13.6. The predicted octanol–water partition coefficient (Wildman–Crippen LogP) is 0.106. The molecule has 1 aromatic heterocycles. The van der Waals surface area contributed by atoms with Crippen LogP contribution in [0.2, 0.25) is 0 Å². The minimum atomic E-state index is -1.18. The van der Waals surface area contributed by atoms with Crippen LogP contribution in [0.3, 0.4) is 0 Å². The number of hydrogen-bond donors (Lipinski definition) is 3. The maximum absolute atomic E-state index is 11.7. The zero-order valence-electron chi connectivity index (χ0n) is 14.3. The molecule has 2 rings (SSSR count). The van der Waals surface area contributed by atoms with Crippen molar-refractivity contribution >= 4 is 28.8 Å². The minimum Gasteiger partial charge on any atom is -0.484 e. The average molecular weight is 362 g/mol. The van der Waals surface area contributed by atoms with E-state index in [1.165, 1.54) is 6.07 Å². The fourth-order valence-electron chi connectivity index (χ4n) is 2.13. The van der Waals surface area contributed by atoms with Gasteiger partial charge >= 0.3 is 11.6 Å². The highest BCUT2D eigenvalue weighted by molar-refractivity contribution is 5.87. The third kappa shape index (κ3) is 4.82. The number of hydrogen-bond acceptors (Lipinski definition) is 6. The molecule has 0 unspecified atom stereocenters. The van der Waals surface area contributed by atoms with Crippen LogP contribution in [-0.4, -0.2) is 42.6 Å². The molecular weight excluding hydrogens is 344 g/mol. The average Bonchev–Trinajstić information content (AvgIpc) is 2.60. The third-order valence-electron chi connectivity index (χ3n) is 3.68. The van der Waals surface area contributed by atoms with Crippen LogP contribution in [0.15, 0.2) is 27.4 Å². The van der Waals surface area contributed by atoms with Crippen LogP contribution in [0.1, 0.15) is 11.1 Å². The number of benzene rings is 1. The van der Waals surface area contributed by atoms with E-state index < -0.39 is 30.0 Å². The molecule has 0 spiro atoms. The van der Waals surface area contributed by atoms with Gasteiger partial charge in [-0.05, 0) is 31.5 Å². The molecule has 0 saturated heterocycles. The van der Waals surface area contributed by atoms with E-state index >= 15 is 0 Å². The van der Waals surface area contributed by atoms with Gasteiger partial charge in [-0.3, -0.25) is 14.4 Å². The van der Waals surface area contributed by atoms with Gasteiger partial charge in [0.1, 0.15) is 17.9 Å². The summed E-state index contributed by atoms with van der Waals surface area (Å²) < 4.78 is 10.5. The number of aliphatic carboxylic acids is 1. The van der Waals surface area contributed by atoms with Crippen LogP contribution in [0.5, 0.6) is 5.75 Å². The van der Waals surface area contributed by atoms with Gasteiger partial charge in [0.25, 0.3) is 5.91 Å². The van der Waals surface area contributed by atoms with E-state index in [1.807, 2.05) is 6.92 Å². The molecule has 9 nitrogen and oxygen atoms in total. The smallest absolute Gasteiger partial charge is 0.339 e. The van der Waals surface area contributed by atoms with Gasteiger partial charge < -0.3 is 24.9 Å². The van der Waals surface area contributed by atoms with Gasteiger partial charge in [0.15, 0.2) is 6.61 Å². The quantitative estimate of drug-likeness (QED) is 0.595. The highest BCUT2D eigenvalue weighted by atomic mass is 16.5. The van der Waals surface area contributed by atoms with Gasteiger partial charge in [-0.15, -0.1) is 0 Å². The molecule has 2 aromatic rings. The molecule has 0 aliphatic rings. The first-order chi connectivity index (χ1) is 12.3. The number of carbonyl (C=O) groups is 3. The van der Waals surface area contributed by atoms with Crippen molar-refractivity contribution in [2.45, 2.75) is 13.8 Å². The van der Waals surface area contributed by atoms with E-state index in [0.29, 0.717) is 16.9 Å². The molecule has 0 bridgehead atoms. The first-order valence-electron chi connectivity index (χ1n) is 7.70. The SMILES string of the molecule is Cc1c(C)c2ccc(OCC(=O)NCC(=O)NCC(=O)O)cc2oc1=O. The standard InChI is InChI=1S/C17H18N2O7/c1-9-10(2)17(24)26-13-5-11(3-4-12(9)13)25-8-15(21)18-6-14(20)19-7-16(22)23/h3-5H,6-8H2,1-2H3,(H,18,21)(H,19,20)(H,22,23). The summed E-state index contributed by atoms with van der Waals surface area (Å²) >= 11 is 0. The Morgan fingerprint density at radius 1 is 1.08 bits per heavy atom. The lowest BCUT2D eigenvalue weighted by Crippen LogP contribution is -2.40. The van der Waals surface area contributed by atoms with Crippen molar-refractivity contribution in [3.05, 3.63) is 39.7 Å². The number of carboxylic acid groups (broad SMARTS) is 1. The van der Waals surface area contributed by atoms with Gasteiger partial charge in [0.2, 0.25) is 5.91 Å². The van der Waals surface area contributed by atoms with Crippen LogP contribution in [0.25, 0.3) is 11.0 Å². The molecule has 0 atom stereocenters. The van der Waals surface area contributed by atoms with Gasteiger partial charge in [0.05, 0.1) is 6.54 Å². The highest BCUT2D eigenvalue weighted by Gasteiger charge is 2.10. The number of ether oxygens (including phenoxy) is 1. The van der Waals surface area contributed by atoms with Crippen molar-refractivity contribution in [3.8, 4) is 5.75 Å². The number of amides is 2. The third-order valence-corrected chi connectivity index (χ3v) is 3.68. The first-order valence-corrected chi connectivity index (χ1v) is 7.70. The summed E-state index contributed by atoms with van der Waals surface area (Å²) in [4.78, 5) is 45.0. The predicted molar refractivity (Wildman–Crippen MR) is 91.1 cm³/mol. The molecule has 0 aliphatic carbocycles. The van der Waals surface area contributed by atoms with E-state index in [4.69, 9.17) is 14.3 Å². The van der Waals surface area contributed by atoms with E-state index in [9.17, 15) is 19.2 Å². The summed E-state index contributed by atoms with van der Waals surface area (Å²) in [6.45, 7) is 2.26. The number of rotatable bonds is 7. The van der Waals surface area contributed by atoms with Crippen LogP contribution in [-0.2, 0) is 14.4 Å². The molecule has 1 heterocycles. The van der Waals surface area contributed by atoms with Crippen molar-refractivity contribution < 1.29 is 28.6 Å². The van der Waals surface area contributed by atoms with Crippen LogP contribution in [0, 0.1) is 13.8 Å². The van der Waals surface area contributed by atoms with E-state index in [1.54, 1.807) is 19.1 Å². The summed E-state index contributed by atoms with van der Waals surface area (Å²) in [5.74, 6) is -2.04. The largest absolute Gasteiger partial charge is 0.484 e. The van der Waals surface area contributed by atoms with Crippen molar-refractivity contribution in [2.75, 3.05) is 19.7 Å². The summed E-state index contributed by atoms with van der Waals surface area (Å²) in [6.07, 6.45) is 0. The molecule has 2 amide bonds. The van der Waals surface area contributed by atoms with Crippen molar-refractivity contribution in [1.29, 1.82) is 0 Å². The van der Waals surface area contributed by atoms with Crippen LogP contribution in [0.4, 0.5) is 0 Å². The molecule has 0 saturated carbocycles. The molecular formula is C17H18N2O7. The number of aryl methyl sites for hydroxylation is 1. The van der Waals surface area contributed by atoms with Crippen molar-refractivity contribution in [1.82, 2.24) is 10.6 Å². The molecule has 0 aliphatic heterocycles. The summed E-state index contributed by atoms with van der Waals surface area (Å²) in [6, 6.07) is 4.88.